The topological polar surface area (TPSA) is 47.8 Å². The molecular weight excluding hydrogens is 438 g/mol. The van der Waals surface area contributed by atoms with Crippen molar-refractivity contribution >= 4 is 17.5 Å². The lowest BCUT2D eigenvalue weighted by molar-refractivity contribution is 0.102. The molecule has 3 aromatic carbocycles. The molecular formula is C29H31N3OS. The maximum atomic E-state index is 13.0. The molecule has 0 saturated heterocycles. The third-order valence-corrected chi connectivity index (χ3v) is 6.95. The summed E-state index contributed by atoms with van der Waals surface area (Å²) in [6.45, 7) is 12.7. The predicted octanol–water partition coefficient (Wildman–Crippen LogP) is 7.13. The molecule has 0 aliphatic heterocycles. The van der Waals surface area contributed by atoms with E-state index in [0.29, 0.717) is 10.9 Å². The number of carbonyl (C=O) groups is 1. The molecule has 0 amide bonds. The Morgan fingerprint density at radius 3 is 2.26 bits per heavy atom. The molecule has 1 heterocycles. The Hall–Kier alpha value is -3.18. The number of carbonyl (C=O) groups excluding carboxylic acids is 1. The van der Waals surface area contributed by atoms with E-state index in [0.717, 1.165) is 39.3 Å². The van der Waals surface area contributed by atoms with E-state index in [1.807, 2.05) is 44.2 Å². The first kappa shape index (κ1) is 24.0. The molecule has 0 aliphatic carbocycles. The first-order valence-corrected chi connectivity index (χ1v) is 12.5. The number of benzene rings is 3. The molecule has 0 bridgehead atoms. The first-order valence-electron chi connectivity index (χ1n) is 11.5. The van der Waals surface area contributed by atoms with Gasteiger partial charge in [0, 0.05) is 11.1 Å². The number of hydrogen-bond acceptors (Lipinski definition) is 4. The summed E-state index contributed by atoms with van der Waals surface area (Å²) in [5.41, 5.74) is 7.34. The molecule has 0 radical (unpaired) electrons. The number of nitrogens with zero attached hydrogens (tertiary/aromatic N) is 3. The molecule has 0 saturated carbocycles. The number of aromatic nitrogens is 3. The maximum absolute atomic E-state index is 13.0. The Morgan fingerprint density at radius 1 is 0.882 bits per heavy atom. The molecule has 5 heteroatoms. The smallest absolute Gasteiger partial charge is 0.196 e. The molecule has 4 nitrogen and oxygen atoms in total. The van der Waals surface area contributed by atoms with Crippen molar-refractivity contribution in [1.82, 2.24) is 14.8 Å². The Bertz CT molecular complexity index is 1330. The van der Waals surface area contributed by atoms with Crippen molar-refractivity contribution in [3.05, 3.63) is 94.5 Å². The largest absolute Gasteiger partial charge is 0.293 e. The van der Waals surface area contributed by atoms with Crippen molar-refractivity contribution in [3.63, 3.8) is 0 Å². The Balaban J connectivity index is 1.71. The van der Waals surface area contributed by atoms with Gasteiger partial charge < -0.3 is 0 Å². The lowest BCUT2D eigenvalue weighted by Gasteiger charge is -2.19. The number of thioether (sulfide) groups is 1. The highest BCUT2D eigenvalue weighted by molar-refractivity contribution is 7.99. The van der Waals surface area contributed by atoms with Crippen LogP contribution in [0.4, 0.5) is 0 Å². The minimum Gasteiger partial charge on any atom is -0.293 e. The van der Waals surface area contributed by atoms with E-state index < -0.39 is 0 Å². The van der Waals surface area contributed by atoms with Crippen LogP contribution in [0.1, 0.15) is 53.4 Å². The normalized spacial score (nSPS) is 11.6. The van der Waals surface area contributed by atoms with Crippen LogP contribution >= 0.6 is 11.8 Å². The lowest BCUT2D eigenvalue weighted by atomic mass is 9.87. The van der Waals surface area contributed by atoms with Crippen molar-refractivity contribution in [2.45, 2.75) is 52.1 Å². The van der Waals surface area contributed by atoms with Gasteiger partial charge in [0.2, 0.25) is 0 Å². The summed E-state index contributed by atoms with van der Waals surface area (Å²) >= 11 is 1.43. The van der Waals surface area contributed by atoms with E-state index in [-0.39, 0.29) is 11.2 Å². The number of ketones is 1. The maximum Gasteiger partial charge on any atom is 0.196 e. The van der Waals surface area contributed by atoms with Gasteiger partial charge in [0.15, 0.2) is 16.8 Å². The first-order chi connectivity index (χ1) is 16.1. The molecule has 0 aliphatic rings. The Morgan fingerprint density at radius 2 is 1.59 bits per heavy atom. The van der Waals surface area contributed by atoms with Crippen LogP contribution in [0, 0.1) is 20.8 Å². The van der Waals surface area contributed by atoms with Gasteiger partial charge in [-0.1, -0.05) is 92.7 Å². The summed E-state index contributed by atoms with van der Waals surface area (Å²) in [6, 6.07) is 22.7. The minimum absolute atomic E-state index is 0.0809. The summed E-state index contributed by atoms with van der Waals surface area (Å²) in [6.07, 6.45) is 0. The SMILES string of the molecule is Cc1ccc(C)c(C(=O)CSc2nnc(-c3ccc(C(C)(C)C)cc3)n2-c2ccccc2C)c1. The van der Waals surface area contributed by atoms with Gasteiger partial charge in [-0.2, -0.15) is 0 Å². The van der Waals surface area contributed by atoms with Gasteiger partial charge in [-0.25, -0.2) is 0 Å². The van der Waals surface area contributed by atoms with E-state index in [4.69, 9.17) is 0 Å². The fraction of sp³-hybridized carbons (Fsp3) is 0.276. The summed E-state index contributed by atoms with van der Waals surface area (Å²) < 4.78 is 2.07. The van der Waals surface area contributed by atoms with Gasteiger partial charge in [-0.15, -0.1) is 10.2 Å². The second-order valence-electron chi connectivity index (χ2n) is 9.79. The highest BCUT2D eigenvalue weighted by Crippen LogP contribution is 2.31. The van der Waals surface area contributed by atoms with Crippen LogP contribution in [0.25, 0.3) is 17.1 Å². The third kappa shape index (κ3) is 5.00. The van der Waals surface area contributed by atoms with Crippen LogP contribution < -0.4 is 0 Å². The fourth-order valence-corrected chi connectivity index (χ4v) is 4.77. The highest BCUT2D eigenvalue weighted by Gasteiger charge is 2.20. The number of rotatable bonds is 6. The van der Waals surface area contributed by atoms with Crippen molar-refractivity contribution in [3.8, 4) is 17.1 Å². The number of hydrogen-bond donors (Lipinski definition) is 0. The van der Waals surface area contributed by atoms with Crippen LogP contribution in [0.15, 0.2) is 71.9 Å². The summed E-state index contributed by atoms with van der Waals surface area (Å²) in [4.78, 5) is 13.0. The number of Topliss-reactive ketones (excluding diaryl/α,β-unsaturated/α-hetero) is 1. The number of aryl methyl sites for hydroxylation is 3. The van der Waals surface area contributed by atoms with Crippen molar-refractivity contribution < 1.29 is 4.79 Å². The third-order valence-electron chi connectivity index (χ3n) is 6.02. The molecule has 174 valence electrons. The van der Waals surface area contributed by atoms with Gasteiger partial charge in [0.25, 0.3) is 0 Å². The van der Waals surface area contributed by atoms with Gasteiger partial charge in [-0.3, -0.25) is 9.36 Å². The molecule has 34 heavy (non-hydrogen) atoms. The molecule has 0 N–H and O–H groups in total. The van der Waals surface area contributed by atoms with Crippen molar-refractivity contribution in [2.24, 2.45) is 0 Å². The molecule has 0 spiro atoms. The standard InChI is InChI=1S/C29H31N3OS/c1-19-11-12-20(2)24(17-19)26(33)18-34-28-31-30-27(32(28)25-10-8-7-9-21(25)3)22-13-15-23(16-14-22)29(4,5)6/h7-17H,18H2,1-6H3. The molecule has 4 rings (SSSR count). The van der Waals surface area contributed by atoms with Crippen LogP contribution in [-0.4, -0.2) is 26.3 Å². The zero-order chi connectivity index (χ0) is 24.5. The van der Waals surface area contributed by atoms with Crippen LogP contribution in [0.2, 0.25) is 0 Å². The van der Waals surface area contributed by atoms with Gasteiger partial charge in [-0.05, 0) is 55.0 Å². The lowest BCUT2D eigenvalue weighted by Crippen LogP contribution is -2.10. The highest BCUT2D eigenvalue weighted by atomic mass is 32.2. The van der Waals surface area contributed by atoms with Gasteiger partial charge in [0.05, 0.1) is 11.4 Å². The Labute approximate surface area is 206 Å². The number of para-hydroxylation sites is 1. The molecule has 0 fully saturated rings. The molecule has 0 unspecified atom stereocenters. The average Bonchev–Trinajstić information content (AvgIpc) is 3.22. The average molecular weight is 470 g/mol. The summed E-state index contributed by atoms with van der Waals surface area (Å²) in [7, 11) is 0. The second kappa shape index (κ2) is 9.59. The summed E-state index contributed by atoms with van der Waals surface area (Å²) in [5.74, 6) is 1.18. The second-order valence-corrected chi connectivity index (χ2v) is 10.7. The van der Waals surface area contributed by atoms with Crippen molar-refractivity contribution in [2.75, 3.05) is 5.75 Å². The van der Waals surface area contributed by atoms with Crippen LogP contribution in [0.5, 0.6) is 0 Å². The van der Waals surface area contributed by atoms with Crippen LogP contribution in [0.3, 0.4) is 0 Å². The van der Waals surface area contributed by atoms with E-state index in [1.165, 1.54) is 17.3 Å². The van der Waals surface area contributed by atoms with E-state index in [1.54, 1.807) is 0 Å². The predicted molar refractivity (Wildman–Crippen MR) is 141 cm³/mol. The monoisotopic (exact) mass is 469 g/mol. The van der Waals surface area contributed by atoms with E-state index in [2.05, 4.69) is 78.9 Å². The van der Waals surface area contributed by atoms with Crippen molar-refractivity contribution in [1.29, 1.82) is 0 Å². The quantitative estimate of drug-likeness (QED) is 0.223. The van der Waals surface area contributed by atoms with E-state index >= 15 is 0 Å². The zero-order valence-electron chi connectivity index (χ0n) is 20.7. The molecule has 0 atom stereocenters. The minimum atomic E-state index is 0.0809. The molecule has 4 aromatic rings. The van der Waals surface area contributed by atoms with Gasteiger partial charge in [0.1, 0.15) is 0 Å². The van der Waals surface area contributed by atoms with Crippen LogP contribution in [-0.2, 0) is 5.41 Å². The zero-order valence-corrected chi connectivity index (χ0v) is 21.5. The summed E-state index contributed by atoms with van der Waals surface area (Å²) in [5, 5.41) is 9.78. The fourth-order valence-electron chi connectivity index (χ4n) is 3.95. The molecule has 1 aromatic heterocycles. The Kier molecular flexibility index (Phi) is 6.76. The van der Waals surface area contributed by atoms with E-state index in [9.17, 15) is 4.79 Å². The van der Waals surface area contributed by atoms with Gasteiger partial charge >= 0.3 is 0 Å².